The van der Waals surface area contributed by atoms with E-state index in [0.29, 0.717) is 29.5 Å². The van der Waals surface area contributed by atoms with Crippen LogP contribution < -0.4 is 15.2 Å². The maximum absolute atomic E-state index is 12.5. The summed E-state index contributed by atoms with van der Waals surface area (Å²) < 4.78 is 46.9. The van der Waals surface area contributed by atoms with E-state index >= 15 is 0 Å². The normalized spacial score (nSPS) is 17.5. The topological polar surface area (TPSA) is 68.3 Å². The van der Waals surface area contributed by atoms with Crippen LogP contribution in [-0.2, 0) is 6.42 Å². The Bertz CT molecular complexity index is 781. The molecule has 3 rings (SSSR count). The molecule has 1 heterocycles. The van der Waals surface area contributed by atoms with Gasteiger partial charge in [-0.1, -0.05) is 6.07 Å². The Labute approximate surface area is 123 Å². The van der Waals surface area contributed by atoms with Gasteiger partial charge in [-0.3, -0.25) is 0 Å². The third-order valence-corrected chi connectivity index (χ3v) is 3.45. The molecule has 114 valence electrons. The van der Waals surface area contributed by atoms with Crippen molar-refractivity contribution in [3.8, 4) is 17.6 Å². The number of hydrogen-bond donors (Lipinski definition) is 1. The zero-order valence-corrected chi connectivity index (χ0v) is 11.3. The summed E-state index contributed by atoms with van der Waals surface area (Å²) in [6, 6.07) is 7.52. The molecule has 1 atom stereocenters. The van der Waals surface area contributed by atoms with Crippen molar-refractivity contribution in [3.05, 3.63) is 35.4 Å². The van der Waals surface area contributed by atoms with Gasteiger partial charge in [-0.05, 0) is 35.4 Å². The van der Waals surface area contributed by atoms with Crippen molar-refractivity contribution in [2.45, 2.75) is 18.8 Å². The Morgan fingerprint density at radius 2 is 2.09 bits per heavy atom. The fourth-order valence-corrected chi connectivity index (χ4v) is 2.55. The van der Waals surface area contributed by atoms with Gasteiger partial charge in [0.25, 0.3) is 0 Å². The smallest absolute Gasteiger partial charge is 0.492 e. The van der Waals surface area contributed by atoms with Crippen LogP contribution >= 0.6 is 0 Å². The summed E-state index contributed by atoms with van der Waals surface area (Å²) in [6.45, 7) is 0.362. The molecule has 0 saturated carbocycles. The maximum Gasteiger partial charge on any atom is 0.573 e. The highest BCUT2D eigenvalue weighted by Gasteiger charge is 2.32. The van der Waals surface area contributed by atoms with Gasteiger partial charge in [0, 0.05) is 11.6 Å². The summed E-state index contributed by atoms with van der Waals surface area (Å²) in [7, 11) is 0. The van der Waals surface area contributed by atoms with Crippen molar-refractivity contribution in [1.29, 1.82) is 5.26 Å². The molecule has 2 aromatic carbocycles. The van der Waals surface area contributed by atoms with Crippen molar-refractivity contribution >= 4 is 10.8 Å². The van der Waals surface area contributed by atoms with E-state index in [9.17, 15) is 13.2 Å². The van der Waals surface area contributed by atoms with Crippen LogP contribution in [0.25, 0.3) is 10.8 Å². The first-order valence-corrected chi connectivity index (χ1v) is 6.51. The third kappa shape index (κ3) is 2.65. The lowest BCUT2D eigenvalue weighted by Gasteiger charge is -2.24. The van der Waals surface area contributed by atoms with Crippen molar-refractivity contribution in [1.82, 2.24) is 0 Å². The molecule has 4 nitrogen and oxygen atoms in total. The second-order valence-corrected chi connectivity index (χ2v) is 5.05. The van der Waals surface area contributed by atoms with Gasteiger partial charge in [-0.2, -0.15) is 5.26 Å². The van der Waals surface area contributed by atoms with Gasteiger partial charge in [-0.25, -0.2) is 0 Å². The number of rotatable bonds is 1. The highest BCUT2D eigenvalue weighted by molar-refractivity contribution is 5.90. The van der Waals surface area contributed by atoms with Gasteiger partial charge in [0.2, 0.25) is 0 Å². The molecule has 0 radical (unpaired) electrons. The predicted octanol–water partition coefficient (Wildman–Crippen LogP) is 2.87. The molecule has 0 fully saturated rings. The molecule has 0 spiro atoms. The number of ether oxygens (including phenoxy) is 2. The van der Waals surface area contributed by atoms with Crippen LogP contribution in [0.1, 0.15) is 11.1 Å². The number of benzene rings is 2. The lowest BCUT2D eigenvalue weighted by atomic mass is 9.95. The number of alkyl halides is 3. The van der Waals surface area contributed by atoms with Crippen LogP contribution in [0.4, 0.5) is 13.2 Å². The second-order valence-electron chi connectivity index (χ2n) is 5.05. The SMILES string of the molecule is N#Cc1cc2ccc3c(c2cc1OC(F)(F)F)CC(N)CO3. The van der Waals surface area contributed by atoms with Crippen molar-refractivity contribution in [2.24, 2.45) is 5.73 Å². The van der Waals surface area contributed by atoms with Crippen molar-refractivity contribution < 1.29 is 22.6 Å². The maximum atomic E-state index is 12.5. The van der Waals surface area contributed by atoms with E-state index in [2.05, 4.69) is 4.74 Å². The average Bonchev–Trinajstić information content (AvgIpc) is 2.45. The number of fused-ring (bicyclic) bond motifs is 3. The Morgan fingerprint density at radius 3 is 2.77 bits per heavy atom. The lowest BCUT2D eigenvalue weighted by molar-refractivity contribution is -0.274. The first-order chi connectivity index (χ1) is 10.4. The Kier molecular flexibility index (Phi) is 3.34. The fraction of sp³-hybridized carbons (Fsp3) is 0.267. The van der Waals surface area contributed by atoms with Gasteiger partial charge < -0.3 is 15.2 Å². The molecule has 0 saturated heterocycles. The molecule has 1 unspecified atom stereocenters. The minimum atomic E-state index is -4.86. The van der Waals surface area contributed by atoms with E-state index in [1.54, 1.807) is 18.2 Å². The predicted molar refractivity (Wildman–Crippen MR) is 72.5 cm³/mol. The van der Waals surface area contributed by atoms with Crippen LogP contribution in [0, 0.1) is 11.3 Å². The standard InChI is InChI=1S/C15H11F3N2O2/c16-15(17,18)22-14-5-11-8(3-9(14)6-19)1-2-13-12(11)4-10(20)7-21-13/h1-3,5,10H,4,7,20H2. The number of nitrogens with zero attached hydrogens (tertiary/aromatic N) is 1. The van der Waals surface area contributed by atoms with Crippen molar-refractivity contribution in [3.63, 3.8) is 0 Å². The third-order valence-electron chi connectivity index (χ3n) is 3.45. The summed E-state index contributed by atoms with van der Waals surface area (Å²) in [6.07, 6.45) is -4.37. The Hall–Kier alpha value is -2.46. The average molecular weight is 308 g/mol. The minimum Gasteiger partial charge on any atom is -0.492 e. The largest absolute Gasteiger partial charge is 0.573 e. The summed E-state index contributed by atoms with van der Waals surface area (Å²) >= 11 is 0. The Morgan fingerprint density at radius 1 is 1.32 bits per heavy atom. The van der Waals surface area contributed by atoms with Crippen LogP contribution in [0.15, 0.2) is 24.3 Å². The minimum absolute atomic E-state index is 0.175. The number of nitrogens with two attached hydrogens (primary N) is 1. The van der Waals surface area contributed by atoms with E-state index < -0.39 is 12.1 Å². The molecule has 22 heavy (non-hydrogen) atoms. The number of halogens is 3. The monoisotopic (exact) mass is 308 g/mol. The highest BCUT2D eigenvalue weighted by Crippen LogP contribution is 2.36. The molecule has 1 aliphatic rings. The van der Waals surface area contributed by atoms with Crippen LogP contribution in [0.2, 0.25) is 0 Å². The van der Waals surface area contributed by atoms with E-state index in [0.717, 1.165) is 5.56 Å². The van der Waals surface area contributed by atoms with E-state index in [1.807, 2.05) is 0 Å². The summed E-state index contributed by atoms with van der Waals surface area (Å²) in [5, 5.41) is 10.2. The van der Waals surface area contributed by atoms with Crippen molar-refractivity contribution in [2.75, 3.05) is 6.61 Å². The molecule has 2 N–H and O–H groups in total. The second kappa shape index (κ2) is 5.07. The Balaban J connectivity index is 2.20. The van der Waals surface area contributed by atoms with Gasteiger partial charge >= 0.3 is 6.36 Å². The molecule has 0 bridgehead atoms. The molecule has 2 aromatic rings. The van der Waals surface area contributed by atoms with Gasteiger partial charge in [0.15, 0.2) is 0 Å². The molecule has 0 aliphatic carbocycles. The summed E-state index contributed by atoms with van der Waals surface area (Å²) in [5.74, 6) is 0.0758. The molecule has 0 amide bonds. The molecule has 7 heteroatoms. The molecular weight excluding hydrogens is 297 g/mol. The first-order valence-electron chi connectivity index (χ1n) is 6.51. The zero-order valence-electron chi connectivity index (χ0n) is 11.3. The highest BCUT2D eigenvalue weighted by atomic mass is 19.4. The number of hydrogen-bond acceptors (Lipinski definition) is 4. The zero-order chi connectivity index (χ0) is 15.9. The fourth-order valence-electron chi connectivity index (χ4n) is 2.55. The van der Waals surface area contributed by atoms with Crippen LogP contribution in [0.3, 0.4) is 0 Å². The quantitative estimate of drug-likeness (QED) is 0.879. The first kappa shape index (κ1) is 14.5. The molecular formula is C15H11F3N2O2. The van der Waals surface area contributed by atoms with E-state index in [1.165, 1.54) is 12.1 Å². The lowest BCUT2D eigenvalue weighted by Crippen LogP contribution is -2.33. The van der Waals surface area contributed by atoms with Crippen LogP contribution in [0.5, 0.6) is 11.5 Å². The molecule has 1 aliphatic heterocycles. The molecule has 0 aromatic heterocycles. The van der Waals surface area contributed by atoms with Gasteiger partial charge in [0.05, 0.1) is 5.56 Å². The van der Waals surface area contributed by atoms with Gasteiger partial charge in [-0.15, -0.1) is 13.2 Å². The van der Waals surface area contributed by atoms with E-state index in [4.69, 9.17) is 15.7 Å². The number of nitriles is 1. The van der Waals surface area contributed by atoms with E-state index in [-0.39, 0.29) is 11.6 Å². The summed E-state index contributed by atoms with van der Waals surface area (Å²) in [5.41, 5.74) is 6.40. The van der Waals surface area contributed by atoms with Gasteiger partial charge in [0.1, 0.15) is 24.2 Å². The van der Waals surface area contributed by atoms with Crippen LogP contribution in [-0.4, -0.2) is 19.0 Å². The summed E-state index contributed by atoms with van der Waals surface area (Å²) in [4.78, 5) is 0.